The van der Waals surface area contributed by atoms with Gasteiger partial charge in [-0.15, -0.1) is 12.4 Å². The van der Waals surface area contributed by atoms with E-state index in [4.69, 9.17) is 0 Å². The van der Waals surface area contributed by atoms with E-state index in [0.29, 0.717) is 18.7 Å². The van der Waals surface area contributed by atoms with Crippen molar-refractivity contribution >= 4 is 28.3 Å². The summed E-state index contributed by atoms with van der Waals surface area (Å²) in [5, 5.41) is 3.19. The van der Waals surface area contributed by atoms with Crippen LogP contribution in [0.1, 0.15) is 24.2 Å². The average molecular weight is 348 g/mol. The first-order chi connectivity index (χ1) is 9.90. The molecule has 1 heterocycles. The molecule has 8 heteroatoms. The molecule has 22 heavy (non-hydrogen) atoms. The highest BCUT2D eigenvalue weighted by molar-refractivity contribution is 7.89. The molecule has 2 N–H and O–H groups in total. The molecule has 1 amide bonds. The summed E-state index contributed by atoms with van der Waals surface area (Å²) in [4.78, 5) is 14.2. The van der Waals surface area contributed by atoms with Crippen LogP contribution < -0.4 is 10.0 Å². The Balaban J connectivity index is 0.00000242. The number of carbonyl (C=O) groups excluding carboxylic acids is 1. The van der Waals surface area contributed by atoms with Crippen molar-refractivity contribution in [3.8, 4) is 0 Å². The van der Waals surface area contributed by atoms with Gasteiger partial charge in [-0.25, -0.2) is 13.1 Å². The van der Waals surface area contributed by atoms with Crippen LogP contribution in [0.2, 0.25) is 0 Å². The van der Waals surface area contributed by atoms with Gasteiger partial charge in [0, 0.05) is 37.8 Å². The molecule has 0 aromatic heterocycles. The second-order valence-electron chi connectivity index (χ2n) is 5.34. The Morgan fingerprint density at radius 3 is 2.23 bits per heavy atom. The van der Waals surface area contributed by atoms with E-state index in [1.807, 2.05) is 0 Å². The van der Waals surface area contributed by atoms with Crippen molar-refractivity contribution in [2.24, 2.45) is 0 Å². The molecule has 0 spiro atoms. The summed E-state index contributed by atoms with van der Waals surface area (Å²) in [6.07, 6.45) is 0. The van der Waals surface area contributed by atoms with Gasteiger partial charge in [-0.2, -0.15) is 0 Å². The van der Waals surface area contributed by atoms with Gasteiger partial charge in [0.15, 0.2) is 0 Å². The van der Waals surface area contributed by atoms with Crippen LogP contribution in [0, 0.1) is 0 Å². The minimum atomic E-state index is -3.51. The summed E-state index contributed by atoms with van der Waals surface area (Å²) in [6, 6.07) is 5.91. The lowest BCUT2D eigenvalue weighted by atomic mass is 10.2. The summed E-state index contributed by atoms with van der Waals surface area (Å²) in [6.45, 7) is 6.45. The summed E-state index contributed by atoms with van der Waals surface area (Å²) in [5.74, 6) is -0.0581. The normalized spacial score (nSPS) is 15.5. The third kappa shape index (κ3) is 4.67. The maximum absolute atomic E-state index is 12.3. The smallest absolute Gasteiger partial charge is 0.253 e. The largest absolute Gasteiger partial charge is 0.336 e. The van der Waals surface area contributed by atoms with Crippen molar-refractivity contribution in [3.63, 3.8) is 0 Å². The number of sulfonamides is 1. The zero-order valence-corrected chi connectivity index (χ0v) is 14.3. The molecule has 6 nitrogen and oxygen atoms in total. The molecule has 1 aliphatic heterocycles. The lowest BCUT2D eigenvalue weighted by Gasteiger charge is -2.27. The Hall–Kier alpha value is -1.15. The predicted octanol–water partition coefficient (Wildman–Crippen LogP) is 0.841. The maximum Gasteiger partial charge on any atom is 0.253 e. The molecule has 2 rings (SSSR count). The Bertz CT molecular complexity index is 596. The van der Waals surface area contributed by atoms with Crippen molar-refractivity contribution in [2.75, 3.05) is 26.2 Å². The number of benzene rings is 1. The van der Waals surface area contributed by atoms with Crippen LogP contribution in [0.4, 0.5) is 0 Å². The molecule has 1 aromatic rings. The molecule has 124 valence electrons. The van der Waals surface area contributed by atoms with E-state index in [1.54, 1.807) is 30.9 Å². The van der Waals surface area contributed by atoms with Crippen molar-refractivity contribution in [1.82, 2.24) is 14.9 Å². The van der Waals surface area contributed by atoms with Crippen molar-refractivity contribution in [1.29, 1.82) is 0 Å². The van der Waals surface area contributed by atoms with Crippen molar-refractivity contribution in [3.05, 3.63) is 29.8 Å². The minimum Gasteiger partial charge on any atom is -0.336 e. The SMILES string of the molecule is CC(C)NS(=O)(=O)c1ccc(C(=O)N2CCNCC2)cc1.Cl. The molecule has 0 aliphatic carbocycles. The van der Waals surface area contributed by atoms with E-state index in [9.17, 15) is 13.2 Å². The van der Waals surface area contributed by atoms with Gasteiger partial charge in [0.2, 0.25) is 10.0 Å². The fraction of sp³-hybridized carbons (Fsp3) is 0.500. The number of piperazine rings is 1. The first-order valence-corrected chi connectivity index (χ1v) is 8.51. The highest BCUT2D eigenvalue weighted by Crippen LogP contribution is 2.13. The van der Waals surface area contributed by atoms with Crippen LogP contribution in [-0.4, -0.2) is 51.4 Å². The Kier molecular flexibility index (Phi) is 6.80. The average Bonchev–Trinajstić information content (AvgIpc) is 2.46. The molecule has 1 aliphatic rings. The maximum atomic E-state index is 12.3. The molecule has 0 atom stereocenters. The summed E-state index contributed by atoms with van der Waals surface area (Å²) >= 11 is 0. The summed E-state index contributed by atoms with van der Waals surface area (Å²) < 4.78 is 26.5. The monoisotopic (exact) mass is 347 g/mol. The van der Waals surface area contributed by atoms with E-state index in [1.165, 1.54) is 12.1 Å². The Morgan fingerprint density at radius 1 is 1.18 bits per heavy atom. The van der Waals surface area contributed by atoms with Crippen LogP contribution in [0.3, 0.4) is 0 Å². The fourth-order valence-corrected chi connectivity index (χ4v) is 3.46. The number of halogens is 1. The Labute approximate surface area is 137 Å². The minimum absolute atomic E-state index is 0. The quantitative estimate of drug-likeness (QED) is 0.846. The van der Waals surface area contributed by atoms with Gasteiger partial charge in [0.25, 0.3) is 5.91 Å². The molecule has 1 saturated heterocycles. The lowest BCUT2D eigenvalue weighted by molar-refractivity contribution is 0.0735. The topological polar surface area (TPSA) is 78.5 Å². The van der Waals surface area contributed by atoms with Gasteiger partial charge in [0.1, 0.15) is 0 Å². The number of hydrogen-bond acceptors (Lipinski definition) is 4. The lowest BCUT2D eigenvalue weighted by Crippen LogP contribution is -2.46. The number of amides is 1. The standard InChI is InChI=1S/C14H21N3O3S.ClH/c1-11(2)16-21(19,20)13-5-3-12(4-6-13)14(18)17-9-7-15-8-10-17;/h3-6,11,15-16H,7-10H2,1-2H3;1H. The van der Waals surface area contributed by atoms with Gasteiger partial charge in [-0.3, -0.25) is 4.79 Å². The molecule has 0 radical (unpaired) electrons. The molecule has 0 bridgehead atoms. The third-order valence-corrected chi connectivity index (χ3v) is 4.88. The molecule has 1 aromatic carbocycles. The second-order valence-corrected chi connectivity index (χ2v) is 7.06. The van der Waals surface area contributed by atoms with E-state index in [2.05, 4.69) is 10.0 Å². The van der Waals surface area contributed by atoms with E-state index >= 15 is 0 Å². The van der Waals surface area contributed by atoms with Crippen molar-refractivity contribution in [2.45, 2.75) is 24.8 Å². The zero-order chi connectivity index (χ0) is 15.5. The fourth-order valence-electron chi connectivity index (χ4n) is 2.21. The first kappa shape index (κ1) is 18.9. The third-order valence-electron chi connectivity index (χ3n) is 3.21. The van der Waals surface area contributed by atoms with Gasteiger partial charge in [-0.1, -0.05) is 0 Å². The zero-order valence-electron chi connectivity index (χ0n) is 12.7. The summed E-state index contributed by atoms with van der Waals surface area (Å²) in [7, 11) is -3.51. The number of nitrogens with one attached hydrogen (secondary N) is 2. The highest BCUT2D eigenvalue weighted by atomic mass is 35.5. The van der Waals surface area contributed by atoms with Crippen molar-refractivity contribution < 1.29 is 13.2 Å². The van der Waals surface area contributed by atoms with Gasteiger partial charge >= 0.3 is 0 Å². The van der Waals surface area contributed by atoms with Gasteiger partial charge in [0.05, 0.1) is 4.90 Å². The van der Waals surface area contributed by atoms with E-state index < -0.39 is 10.0 Å². The van der Waals surface area contributed by atoms with Gasteiger partial charge in [-0.05, 0) is 38.1 Å². The number of rotatable bonds is 4. The molecule has 1 fully saturated rings. The molecule has 0 unspecified atom stereocenters. The van der Waals surface area contributed by atoms with E-state index in [-0.39, 0.29) is 29.3 Å². The summed E-state index contributed by atoms with van der Waals surface area (Å²) in [5.41, 5.74) is 0.514. The first-order valence-electron chi connectivity index (χ1n) is 7.02. The van der Waals surface area contributed by atoms with Crippen LogP contribution in [0.25, 0.3) is 0 Å². The van der Waals surface area contributed by atoms with Crippen LogP contribution in [0.5, 0.6) is 0 Å². The number of carbonyl (C=O) groups is 1. The van der Waals surface area contributed by atoms with Gasteiger partial charge < -0.3 is 10.2 Å². The molecular formula is C14H22ClN3O3S. The number of hydrogen-bond donors (Lipinski definition) is 2. The highest BCUT2D eigenvalue weighted by Gasteiger charge is 2.19. The molecular weight excluding hydrogens is 326 g/mol. The van der Waals surface area contributed by atoms with Crippen LogP contribution >= 0.6 is 12.4 Å². The second kappa shape index (κ2) is 7.92. The number of nitrogens with zero attached hydrogens (tertiary/aromatic N) is 1. The molecule has 0 saturated carbocycles. The Morgan fingerprint density at radius 2 is 1.73 bits per heavy atom. The predicted molar refractivity (Wildman–Crippen MR) is 87.9 cm³/mol. The van der Waals surface area contributed by atoms with Crippen LogP contribution in [0.15, 0.2) is 29.2 Å². The van der Waals surface area contributed by atoms with E-state index in [0.717, 1.165) is 13.1 Å². The van der Waals surface area contributed by atoms with Crippen LogP contribution in [-0.2, 0) is 10.0 Å².